The van der Waals surface area contributed by atoms with Crippen molar-refractivity contribution in [1.82, 2.24) is 10.3 Å². The van der Waals surface area contributed by atoms with Gasteiger partial charge < -0.3 is 5.32 Å². The molecule has 0 spiro atoms. The first-order valence-corrected chi connectivity index (χ1v) is 5.96. The minimum atomic E-state index is -0.218. The van der Waals surface area contributed by atoms with Crippen molar-refractivity contribution in [2.75, 3.05) is 13.6 Å². The highest BCUT2D eigenvalue weighted by Crippen LogP contribution is 2.25. The molecule has 0 bridgehead atoms. The largest absolute Gasteiger partial charge is 0.319 e. The first kappa shape index (κ1) is 11.2. The van der Waals surface area contributed by atoms with Crippen LogP contribution in [0.5, 0.6) is 0 Å². The van der Waals surface area contributed by atoms with E-state index in [-0.39, 0.29) is 5.82 Å². The van der Waals surface area contributed by atoms with Crippen LogP contribution in [0.2, 0.25) is 0 Å². The van der Waals surface area contributed by atoms with Crippen LogP contribution in [0.25, 0.3) is 10.6 Å². The van der Waals surface area contributed by atoms with E-state index in [1.165, 1.54) is 17.0 Å². The quantitative estimate of drug-likeness (QED) is 0.883. The van der Waals surface area contributed by atoms with Gasteiger partial charge in [-0.05, 0) is 32.1 Å². The molecule has 2 rings (SSSR count). The van der Waals surface area contributed by atoms with Gasteiger partial charge in [0.05, 0.1) is 0 Å². The Kier molecular flexibility index (Phi) is 3.64. The molecule has 0 saturated carbocycles. The molecule has 0 saturated heterocycles. The molecule has 1 N–H and O–H groups in total. The lowest BCUT2D eigenvalue weighted by Gasteiger charge is -1.96. The number of rotatable bonds is 4. The van der Waals surface area contributed by atoms with Gasteiger partial charge in [0.1, 0.15) is 10.8 Å². The third-order valence-corrected chi connectivity index (χ3v) is 3.35. The Morgan fingerprint density at radius 3 is 3.06 bits per heavy atom. The highest BCUT2D eigenvalue weighted by atomic mass is 32.1. The molecule has 16 heavy (non-hydrogen) atoms. The molecular formula is C12H13FN2S. The molecule has 0 aliphatic rings. The average Bonchev–Trinajstić information content (AvgIpc) is 2.75. The molecule has 4 heteroatoms. The zero-order valence-corrected chi connectivity index (χ0v) is 9.85. The lowest BCUT2D eigenvalue weighted by atomic mass is 10.2. The standard InChI is InChI=1S/C12H13FN2S/c1-14-6-5-11-8-15-12(16-11)9-3-2-4-10(13)7-9/h2-4,7-8,14H,5-6H2,1H3. The van der Waals surface area contributed by atoms with Crippen molar-refractivity contribution in [3.8, 4) is 10.6 Å². The van der Waals surface area contributed by atoms with Gasteiger partial charge in [0.15, 0.2) is 0 Å². The van der Waals surface area contributed by atoms with Crippen LogP contribution in [0, 0.1) is 5.82 Å². The second kappa shape index (κ2) is 5.18. The summed E-state index contributed by atoms with van der Waals surface area (Å²) in [5, 5.41) is 3.97. The monoisotopic (exact) mass is 236 g/mol. The van der Waals surface area contributed by atoms with E-state index >= 15 is 0 Å². The van der Waals surface area contributed by atoms with E-state index in [2.05, 4.69) is 10.3 Å². The van der Waals surface area contributed by atoms with Gasteiger partial charge in [-0.3, -0.25) is 0 Å². The van der Waals surface area contributed by atoms with Gasteiger partial charge in [0, 0.05) is 16.6 Å². The van der Waals surface area contributed by atoms with Crippen molar-refractivity contribution in [3.05, 3.63) is 41.2 Å². The maximum Gasteiger partial charge on any atom is 0.123 e. The van der Waals surface area contributed by atoms with Crippen molar-refractivity contribution in [2.45, 2.75) is 6.42 Å². The summed E-state index contributed by atoms with van der Waals surface area (Å²) >= 11 is 1.62. The lowest BCUT2D eigenvalue weighted by molar-refractivity contribution is 0.628. The summed E-state index contributed by atoms with van der Waals surface area (Å²) in [4.78, 5) is 5.52. The fourth-order valence-electron chi connectivity index (χ4n) is 1.43. The average molecular weight is 236 g/mol. The number of benzene rings is 1. The number of aromatic nitrogens is 1. The Hall–Kier alpha value is -1.26. The van der Waals surface area contributed by atoms with E-state index in [1.54, 1.807) is 17.4 Å². The SMILES string of the molecule is CNCCc1cnc(-c2cccc(F)c2)s1. The number of halogens is 1. The third-order valence-electron chi connectivity index (χ3n) is 2.25. The maximum absolute atomic E-state index is 13.0. The minimum absolute atomic E-state index is 0.218. The third kappa shape index (κ3) is 2.65. The molecule has 0 atom stereocenters. The highest BCUT2D eigenvalue weighted by molar-refractivity contribution is 7.15. The van der Waals surface area contributed by atoms with Crippen molar-refractivity contribution >= 4 is 11.3 Å². The molecule has 0 radical (unpaired) electrons. The number of hydrogen-bond donors (Lipinski definition) is 1. The van der Waals surface area contributed by atoms with Crippen LogP contribution < -0.4 is 5.32 Å². The molecule has 0 aliphatic carbocycles. The van der Waals surface area contributed by atoms with Gasteiger partial charge in [-0.1, -0.05) is 12.1 Å². The van der Waals surface area contributed by atoms with Crippen molar-refractivity contribution in [2.24, 2.45) is 0 Å². The van der Waals surface area contributed by atoms with Gasteiger partial charge in [-0.25, -0.2) is 9.37 Å². The van der Waals surface area contributed by atoms with Gasteiger partial charge in [0.25, 0.3) is 0 Å². The van der Waals surface area contributed by atoms with Crippen LogP contribution in [0.15, 0.2) is 30.5 Å². The Morgan fingerprint density at radius 1 is 1.44 bits per heavy atom. The number of nitrogens with zero attached hydrogens (tertiary/aromatic N) is 1. The maximum atomic E-state index is 13.0. The van der Waals surface area contributed by atoms with E-state index in [1.807, 2.05) is 19.3 Å². The first-order chi connectivity index (χ1) is 7.79. The fourth-order valence-corrected chi connectivity index (χ4v) is 2.33. The zero-order chi connectivity index (χ0) is 11.4. The number of likely N-dealkylation sites (N-methyl/N-ethyl adjacent to an activating group) is 1. The summed E-state index contributed by atoms with van der Waals surface area (Å²) in [5.41, 5.74) is 0.848. The van der Waals surface area contributed by atoms with Crippen LogP contribution in [-0.2, 0) is 6.42 Å². The van der Waals surface area contributed by atoms with E-state index < -0.39 is 0 Å². The molecule has 0 aliphatic heterocycles. The van der Waals surface area contributed by atoms with Gasteiger partial charge >= 0.3 is 0 Å². The smallest absolute Gasteiger partial charge is 0.123 e. The summed E-state index contributed by atoms with van der Waals surface area (Å²) in [6, 6.07) is 6.54. The van der Waals surface area contributed by atoms with Crippen LogP contribution in [0.1, 0.15) is 4.88 Å². The van der Waals surface area contributed by atoms with Crippen molar-refractivity contribution in [1.29, 1.82) is 0 Å². The minimum Gasteiger partial charge on any atom is -0.319 e. The first-order valence-electron chi connectivity index (χ1n) is 5.15. The molecule has 0 unspecified atom stereocenters. The summed E-state index contributed by atoms with van der Waals surface area (Å²) in [6.07, 6.45) is 2.83. The summed E-state index contributed by atoms with van der Waals surface area (Å²) in [7, 11) is 1.93. The molecule has 2 aromatic rings. The number of hydrogen-bond acceptors (Lipinski definition) is 3. The summed E-state index contributed by atoms with van der Waals surface area (Å²) in [5.74, 6) is -0.218. The molecular weight excluding hydrogens is 223 g/mol. The molecule has 1 heterocycles. The van der Waals surface area contributed by atoms with Crippen LogP contribution in [0.3, 0.4) is 0 Å². The molecule has 1 aromatic heterocycles. The van der Waals surface area contributed by atoms with Gasteiger partial charge in [0.2, 0.25) is 0 Å². The molecule has 0 amide bonds. The van der Waals surface area contributed by atoms with Crippen LogP contribution in [-0.4, -0.2) is 18.6 Å². The molecule has 1 aromatic carbocycles. The van der Waals surface area contributed by atoms with E-state index in [0.717, 1.165) is 23.5 Å². The number of nitrogens with one attached hydrogen (secondary N) is 1. The Labute approximate surface area is 98.2 Å². The fraction of sp³-hybridized carbons (Fsp3) is 0.250. The summed E-state index contributed by atoms with van der Waals surface area (Å²) in [6.45, 7) is 0.935. The van der Waals surface area contributed by atoms with Crippen molar-refractivity contribution in [3.63, 3.8) is 0 Å². The Bertz CT molecular complexity index is 468. The van der Waals surface area contributed by atoms with E-state index in [4.69, 9.17) is 0 Å². The van der Waals surface area contributed by atoms with E-state index in [9.17, 15) is 4.39 Å². The predicted molar refractivity (Wildman–Crippen MR) is 65.1 cm³/mol. The highest BCUT2D eigenvalue weighted by Gasteiger charge is 2.05. The van der Waals surface area contributed by atoms with Gasteiger partial charge in [-0.15, -0.1) is 11.3 Å². The van der Waals surface area contributed by atoms with Crippen LogP contribution >= 0.6 is 11.3 Å². The zero-order valence-electron chi connectivity index (χ0n) is 9.03. The second-order valence-electron chi connectivity index (χ2n) is 3.50. The van der Waals surface area contributed by atoms with Crippen molar-refractivity contribution < 1.29 is 4.39 Å². The lowest BCUT2D eigenvalue weighted by Crippen LogP contribution is -2.09. The molecule has 2 nitrogen and oxygen atoms in total. The summed E-state index contributed by atoms with van der Waals surface area (Å²) < 4.78 is 13.0. The Morgan fingerprint density at radius 2 is 2.31 bits per heavy atom. The van der Waals surface area contributed by atoms with E-state index in [0.29, 0.717) is 0 Å². The molecule has 0 fully saturated rings. The van der Waals surface area contributed by atoms with Gasteiger partial charge in [-0.2, -0.15) is 0 Å². The second-order valence-corrected chi connectivity index (χ2v) is 4.61. The topological polar surface area (TPSA) is 24.9 Å². The molecule has 84 valence electrons. The predicted octanol–water partition coefficient (Wildman–Crippen LogP) is 2.71. The number of thiazole rings is 1. The Balaban J connectivity index is 2.18. The van der Waals surface area contributed by atoms with Crippen LogP contribution in [0.4, 0.5) is 4.39 Å². The normalized spacial score (nSPS) is 10.6.